The van der Waals surface area contributed by atoms with E-state index in [2.05, 4.69) is 36.8 Å². The summed E-state index contributed by atoms with van der Waals surface area (Å²) < 4.78 is 0. The summed E-state index contributed by atoms with van der Waals surface area (Å²) in [5.74, 6) is 0.954. The summed E-state index contributed by atoms with van der Waals surface area (Å²) in [6, 6.07) is 0. The number of aromatic amines is 1. The van der Waals surface area contributed by atoms with Gasteiger partial charge >= 0.3 is 0 Å². The molecule has 0 bridgehead atoms. The second-order valence-electron chi connectivity index (χ2n) is 4.49. The molecular weight excluding hydrogens is 216 g/mol. The number of H-pyrrole nitrogens is 1. The number of nitrogens with one attached hydrogen (secondary N) is 1. The van der Waals surface area contributed by atoms with Crippen molar-refractivity contribution in [3.05, 3.63) is 18.2 Å². The number of hydrogen-bond donors (Lipinski definition) is 1. The first kappa shape index (κ1) is 10.6. The molecule has 0 spiro atoms. The largest absolute Gasteiger partial charge is 0.324 e. The Bertz CT molecular complexity index is 466. The van der Waals surface area contributed by atoms with Crippen LogP contribution in [0.1, 0.15) is 5.82 Å². The van der Waals surface area contributed by atoms with Crippen molar-refractivity contribution < 1.29 is 0 Å². The maximum atomic E-state index is 4.44. The van der Waals surface area contributed by atoms with Gasteiger partial charge in [0, 0.05) is 38.6 Å². The Morgan fingerprint density at radius 2 is 1.94 bits per heavy atom. The van der Waals surface area contributed by atoms with E-state index in [1.807, 2.05) is 0 Å². The second-order valence-corrected chi connectivity index (χ2v) is 4.49. The molecule has 3 heterocycles. The molecule has 2 aromatic heterocycles. The van der Waals surface area contributed by atoms with E-state index in [4.69, 9.17) is 0 Å². The van der Waals surface area contributed by atoms with Gasteiger partial charge in [0.2, 0.25) is 0 Å². The van der Waals surface area contributed by atoms with Gasteiger partial charge in [0.15, 0.2) is 11.3 Å². The van der Waals surface area contributed by atoms with Crippen molar-refractivity contribution >= 4 is 11.3 Å². The number of fused-ring (bicyclic) bond motifs is 1. The average Bonchev–Trinajstić information content (AvgIpc) is 2.74. The van der Waals surface area contributed by atoms with Gasteiger partial charge in [0.25, 0.3) is 0 Å². The highest BCUT2D eigenvalue weighted by molar-refractivity contribution is 5.64. The van der Waals surface area contributed by atoms with E-state index in [9.17, 15) is 0 Å². The van der Waals surface area contributed by atoms with E-state index in [0.29, 0.717) is 5.65 Å². The second kappa shape index (κ2) is 4.38. The van der Waals surface area contributed by atoms with Crippen molar-refractivity contribution in [3.63, 3.8) is 0 Å². The number of hydrogen-bond acceptors (Lipinski definition) is 5. The Hall–Kier alpha value is -1.53. The first-order valence-electron chi connectivity index (χ1n) is 5.88. The molecule has 90 valence electrons. The molecule has 0 aliphatic carbocycles. The minimum atomic E-state index is 0.705. The predicted molar refractivity (Wildman–Crippen MR) is 64.5 cm³/mol. The van der Waals surface area contributed by atoms with Crippen molar-refractivity contribution in [2.75, 3.05) is 33.2 Å². The van der Waals surface area contributed by atoms with Crippen LogP contribution >= 0.6 is 0 Å². The molecule has 0 radical (unpaired) electrons. The molecule has 0 aromatic carbocycles. The zero-order valence-corrected chi connectivity index (χ0v) is 9.93. The van der Waals surface area contributed by atoms with E-state index in [1.165, 1.54) is 0 Å². The third kappa shape index (κ3) is 2.27. The average molecular weight is 232 g/mol. The maximum absolute atomic E-state index is 4.44. The van der Waals surface area contributed by atoms with E-state index < -0.39 is 0 Å². The Balaban J connectivity index is 1.72. The highest BCUT2D eigenvalue weighted by Crippen LogP contribution is 2.08. The SMILES string of the molecule is CN1CCN(Cc2nc3nccnc3[nH]2)CC1. The predicted octanol–water partition coefficient (Wildman–Crippen LogP) is 0.100. The van der Waals surface area contributed by atoms with E-state index >= 15 is 0 Å². The molecule has 3 rings (SSSR count). The third-order valence-corrected chi connectivity index (χ3v) is 3.15. The number of likely N-dealkylation sites (N-methyl/N-ethyl adjacent to an activating group) is 1. The lowest BCUT2D eigenvalue weighted by atomic mass is 10.3. The molecule has 0 atom stereocenters. The molecule has 17 heavy (non-hydrogen) atoms. The minimum Gasteiger partial charge on any atom is -0.324 e. The molecule has 1 fully saturated rings. The van der Waals surface area contributed by atoms with Crippen LogP contribution in [-0.4, -0.2) is 63.0 Å². The fourth-order valence-electron chi connectivity index (χ4n) is 2.09. The van der Waals surface area contributed by atoms with Crippen LogP contribution in [0.3, 0.4) is 0 Å². The third-order valence-electron chi connectivity index (χ3n) is 3.15. The zero-order chi connectivity index (χ0) is 11.7. The summed E-state index contributed by atoms with van der Waals surface area (Å²) in [5, 5.41) is 0. The standard InChI is InChI=1S/C11H16N6/c1-16-4-6-17(7-5-16)8-9-14-10-11(15-9)13-3-2-12-10/h2-3H,4-8H2,1H3,(H,12,13,14,15). The van der Waals surface area contributed by atoms with Crippen LogP contribution in [0.4, 0.5) is 0 Å². The van der Waals surface area contributed by atoms with Gasteiger partial charge in [-0.25, -0.2) is 15.0 Å². The summed E-state index contributed by atoms with van der Waals surface area (Å²) >= 11 is 0. The molecule has 6 nitrogen and oxygen atoms in total. The lowest BCUT2D eigenvalue weighted by Crippen LogP contribution is -2.44. The van der Waals surface area contributed by atoms with Crippen molar-refractivity contribution in [2.24, 2.45) is 0 Å². The Morgan fingerprint density at radius 1 is 1.18 bits per heavy atom. The normalized spacial score (nSPS) is 18.9. The van der Waals surface area contributed by atoms with Gasteiger partial charge in [-0.2, -0.15) is 0 Å². The summed E-state index contributed by atoms with van der Waals surface area (Å²) in [5.41, 5.74) is 1.48. The zero-order valence-electron chi connectivity index (χ0n) is 9.93. The van der Waals surface area contributed by atoms with Gasteiger partial charge in [0.1, 0.15) is 5.82 Å². The minimum absolute atomic E-state index is 0.705. The van der Waals surface area contributed by atoms with Crippen LogP contribution in [0, 0.1) is 0 Å². The van der Waals surface area contributed by atoms with Gasteiger partial charge in [-0.1, -0.05) is 0 Å². The van der Waals surface area contributed by atoms with E-state index in [1.54, 1.807) is 12.4 Å². The number of imidazole rings is 1. The lowest BCUT2D eigenvalue weighted by molar-refractivity contribution is 0.146. The van der Waals surface area contributed by atoms with Gasteiger partial charge in [-0.05, 0) is 7.05 Å². The molecule has 6 heteroatoms. The highest BCUT2D eigenvalue weighted by Gasteiger charge is 2.15. The number of aromatic nitrogens is 4. The number of nitrogens with zero attached hydrogens (tertiary/aromatic N) is 5. The van der Waals surface area contributed by atoms with Crippen LogP contribution in [0.25, 0.3) is 11.3 Å². The van der Waals surface area contributed by atoms with Crippen LogP contribution in [-0.2, 0) is 6.54 Å². The van der Waals surface area contributed by atoms with Crippen LogP contribution in [0.2, 0.25) is 0 Å². The van der Waals surface area contributed by atoms with Crippen molar-refractivity contribution in [1.82, 2.24) is 29.7 Å². The van der Waals surface area contributed by atoms with Crippen molar-refractivity contribution in [1.29, 1.82) is 0 Å². The number of rotatable bonds is 2. The monoisotopic (exact) mass is 232 g/mol. The first-order chi connectivity index (χ1) is 8.31. The molecule has 0 unspecified atom stereocenters. The van der Waals surface area contributed by atoms with Crippen LogP contribution in [0.15, 0.2) is 12.4 Å². The Labute approximate surface area is 99.7 Å². The molecular formula is C11H16N6. The summed E-state index contributed by atoms with van der Waals surface area (Å²) in [6.45, 7) is 5.28. The Morgan fingerprint density at radius 3 is 2.71 bits per heavy atom. The number of piperazine rings is 1. The van der Waals surface area contributed by atoms with E-state index in [0.717, 1.165) is 44.2 Å². The lowest BCUT2D eigenvalue weighted by Gasteiger charge is -2.31. The van der Waals surface area contributed by atoms with Gasteiger partial charge < -0.3 is 9.88 Å². The summed E-state index contributed by atoms with van der Waals surface area (Å²) in [6.07, 6.45) is 3.35. The molecule has 1 saturated heterocycles. The molecule has 1 aliphatic rings. The van der Waals surface area contributed by atoms with Crippen LogP contribution < -0.4 is 0 Å². The smallest absolute Gasteiger partial charge is 0.197 e. The van der Waals surface area contributed by atoms with E-state index in [-0.39, 0.29) is 0 Å². The molecule has 1 aliphatic heterocycles. The fourth-order valence-corrected chi connectivity index (χ4v) is 2.09. The Kier molecular flexibility index (Phi) is 2.74. The van der Waals surface area contributed by atoms with Crippen LogP contribution in [0.5, 0.6) is 0 Å². The van der Waals surface area contributed by atoms with Gasteiger partial charge in [0.05, 0.1) is 6.54 Å². The van der Waals surface area contributed by atoms with Gasteiger partial charge in [-0.3, -0.25) is 4.90 Å². The first-order valence-corrected chi connectivity index (χ1v) is 5.88. The molecule has 0 amide bonds. The van der Waals surface area contributed by atoms with Gasteiger partial charge in [-0.15, -0.1) is 0 Å². The topological polar surface area (TPSA) is 60.9 Å². The molecule has 0 saturated carbocycles. The van der Waals surface area contributed by atoms with Crippen molar-refractivity contribution in [3.8, 4) is 0 Å². The quantitative estimate of drug-likeness (QED) is 0.795. The maximum Gasteiger partial charge on any atom is 0.197 e. The highest BCUT2D eigenvalue weighted by atomic mass is 15.3. The fraction of sp³-hybridized carbons (Fsp3) is 0.545. The molecule has 2 aromatic rings. The summed E-state index contributed by atoms with van der Waals surface area (Å²) in [4.78, 5) is 20.8. The van der Waals surface area contributed by atoms with Crippen molar-refractivity contribution in [2.45, 2.75) is 6.54 Å². The summed E-state index contributed by atoms with van der Waals surface area (Å²) in [7, 11) is 2.16. The molecule has 1 N–H and O–H groups in total.